The Morgan fingerprint density at radius 2 is 1.76 bits per heavy atom. The second-order valence-corrected chi connectivity index (χ2v) is 10.7. The lowest BCUT2D eigenvalue weighted by Crippen LogP contribution is -2.35. The molecule has 5 aromatic rings. The molecule has 1 aromatic heterocycles. The van der Waals surface area contributed by atoms with E-state index in [0.717, 1.165) is 77.4 Å². The fraction of sp³-hybridized carbons (Fsp3) is 0.182. The fourth-order valence-corrected chi connectivity index (χ4v) is 5.24. The van der Waals surface area contributed by atoms with Crippen molar-refractivity contribution in [3.63, 3.8) is 0 Å². The molecule has 2 heterocycles. The number of hydrogen-bond donors (Lipinski definition) is 2. The summed E-state index contributed by atoms with van der Waals surface area (Å²) in [7, 11) is 0. The predicted molar refractivity (Wildman–Crippen MR) is 165 cm³/mol. The Hall–Kier alpha value is -4.30. The van der Waals surface area contributed by atoms with Crippen LogP contribution in [0.2, 0.25) is 5.02 Å². The van der Waals surface area contributed by atoms with Gasteiger partial charge >= 0.3 is 0 Å². The topological polar surface area (TPSA) is 93.4 Å². The molecular weight excluding hydrogens is 534 g/mol. The van der Waals surface area contributed by atoms with Crippen molar-refractivity contribution in [3.8, 4) is 22.6 Å². The van der Waals surface area contributed by atoms with Gasteiger partial charge in [-0.05, 0) is 54.4 Å². The van der Waals surface area contributed by atoms with Crippen molar-refractivity contribution < 1.29 is 9.53 Å². The van der Waals surface area contributed by atoms with Gasteiger partial charge in [0.1, 0.15) is 0 Å². The number of nitrogens with zero attached hydrogens (tertiary/aromatic N) is 3. The summed E-state index contributed by atoms with van der Waals surface area (Å²) in [6.07, 6.45) is 0. The van der Waals surface area contributed by atoms with Crippen LogP contribution in [-0.4, -0.2) is 47.1 Å². The number of ether oxygens (including phenoxy) is 1. The van der Waals surface area contributed by atoms with Crippen LogP contribution in [0.4, 0.5) is 11.4 Å². The van der Waals surface area contributed by atoms with Crippen LogP contribution < -0.4 is 11.1 Å². The third-order valence-corrected chi connectivity index (χ3v) is 7.55. The number of carbonyl (C=O) groups is 1. The average Bonchev–Trinajstić information content (AvgIpc) is 2.99. The minimum absolute atomic E-state index is 0.264. The number of benzene rings is 4. The SMILES string of the molecule is Cc1ccc(CN2CCOCC2)cc1NC(=O)c1ccc(-c2nc(-c3ccccc3)c3cc(Cl)ccc3n2)cc1N. The van der Waals surface area contributed by atoms with Crippen molar-refractivity contribution in [3.05, 3.63) is 107 Å². The number of nitrogens with one attached hydrogen (secondary N) is 1. The number of rotatable bonds is 6. The first-order valence-corrected chi connectivity index (χ1v) is 14.0. The van der Waals surface area contributed by atoms with E-state index in [9.17, 15) is 4.79 Å². The van der Waals surface area contributed by atoms with Crippen LogP contribution in [0.25, 0.3) is 33.5 Å². The quantitative estimate of drug-likeness (QED) is 0.226. The van der Waals surface area contributed by atoms with E-state index >= 15 is 0 Å². The summed E-state index contributed by atoms with van der Waals surface area (Å²) in [5.41, 5.74) is 13.3. The predicted octanol–water partition coefficient (Wildman–Crippen LogP) is 6.59. The zero-order valence-electron chi connectivity index (χ0n) is 22.7. The summed E-state index contributed by atoms with van der Waals surface area (Å²) in [6, 6.07) is 27.0. The number of aryl methyl sites for hydroxylation is 1. The van der Waals surface area contributed by atoms with Gasteiger partial charge in [-0.2, -0.15) is 0 Å². The van der Waals surface area contributed by atoms with Crippen LogP contribution in [0.1, 0.15) is 21.5 Å². The number of nitrogens with two attached hydrogens (primary N) is 1. The Bertz CT molecular complexity index is 1740. The molecule has 0 aliphatic carbocycles. The monoisotopic (exact) mass is 563 g/mol. The Kier molecular flexibility index (Phi) is 7.65. The number of amides is 1. The van der Waals surface area contributed by atoms with E-state index in [0.29, 0.717) is 22.1 Å². The van der Waals surface area contributed by atoms with Crippen molar-refractivity contribution in [1.82, 2.24) is 14.9 Å². The van der Waals surface area contributed by atoms with Crippen molar-refractivity contribution in [1.29, 1.82) is 0 Å². The van der Waals surface area contributed by atoms with E-state index in [-0.39, 0.29) is 5.91 Å². The summed E-state index contributed by atoms with van der Waals surface area (Å²) < 4.78 is 5.46. The molecule has 1 saturated heterocycles. The molecule has 1 fully saturated rings. The van der Waals surface area contributed by atoms with Gasteiger partial charge < -0.3 is 15.8 Å². The molecule has 1 amide bonds. The summed E-state index contributed by atoms with van der Waals surface area (Å²) in [5, 5.41) is 4.54. The highest BCUT2D eigenvalue weighted by Crippen LogP contribution is 2.32. The van der Waals surface area contributed by atoms with Gasteiger partial charge in [0.15, 0.2) is 5.82 Å². The molecule has 206 valence electrons. The third-order valence-electron chi connectivity index (χ3n) is 7.32. The molecule has 0 bridgehead atoms. The highest BCUT2D eigenvalue weighted by atomic mass is 35.5. The molecule has 7 nitrogen and oxygen atoms in total. The van der Waals surface area contributed by atoms with Gasteiger partial charge in [0.2, 0.25) is 0 Å². The summed E-state index contributed by atoms with van der Waals surface area (Å²) in [5.74, 6) is 0.253. The van der Waals surface area contributed by atoms with Gasteiger partial charge in [0, 0.05) is 52.5 Å². The third kappa shape index (κ3) is 5.93. The maximum absolute atomic E-state index is 13.3. The minimum atomic E-state index is -0.264. The van der Waals surface area contributed by atoms with E-state index in [1.54, 1.807) is 12.1 Å². The largest absolute Gasteiger partial charge is 0.398 e. The number of aromatic nitrogens is 2. The normalized spacial score (nSPS) is 13.8. The number of morpholine rings is 1. The van der Waals surface area contributed by atoms with Gasteiger partial charge in [0.05, 0.1) is 30.0 Å². The van der Waals surface area contributed by atoms with Crippen LogP contribution >= 0.6 is 11.6 Å². The van der Waals surface area contributed by atoms with Crippen molar-refractivity contribution in [2.24, 2.45) is 0 Å². The van der Waals surface area contributed by atoms with Gasteiger partial charge in [0.25, 0.3) is 5.91 Å². The van der Waals surface area contributed by atoms with Crippen LogP contribution in [0.3, 0.4) is 0 Å². The van der Waals surface area contributed by atoms with Gasteiger partial charge in [-0.15, -0.1) is 0 Å². The van der Waals surface area contributed by atoms with E-state index in [1.807, 2.05) is 73.7 Å². The van der Waals surface area contributed by atoms with E-state index in [2.05, 4.69) is 16.3 Å². The van der Waals surface area contributed by atoms with Gasteiger partial charge in [-0.1, -0.05) is 60.1 Å². The van der Waals surface area contributed by atoms with Gasteiger partial charge in [-0.25, -0.2) is 9.97 Å². The maximum atomic E-state index is 13.3. The molecule has 0 spiro atoms. The standard InChI is InChI=1S/C33H30ClN5O2/c1-21-7-8-22(20-39-13-15-41-16-14-39)17-30(21)37-33(40)26-11-9-24(18-28(26)35)32-36-29-12-10-25(34)19-27(29)31(38-32)23-5-3-2-4-6-23/h2-12,17-19H,13-16,20,35H2,1H3,(H,37,40). The van der Waals surface area contributed by atoms with E-state index < -0.39 is 0 Å². The Morgan fingerprint density at radius 1 is 0.951 bits per heavy atom. The molecule has 0 unspecified atom stereocenters. The second-order valence-electron chi connectivity index (χ2n) is 10.2. The fourth-order valence-electron chi connectivity index (χ4n) is 5.06. The smallest absolute Gasteiger partial charge is 0.257 e. The Labute approximate surface area is 244 Å². The van der Waals surface area contributed by atoms with E-state index in [1.165, 1.54) is 0 Å². The highest BCUT2D eigenvalue weighted by molar-refractivity contribution is 6.31. The molecule has 1 aliphatic rings. The second kappa shape index (κ2) is 11.7. The molecule has 0 saturated carbocycles. The first-order valence-electron chi connectivity index (χ1n) is 13.6. The molecule has 1 aliphatic heterocycles. The minimum Gasteiger partial charge on any atom is -0.398 e. The zero-order chi connectivity index (χ0) is 28.3. The molecule has 4 aromatic carbocycles. The molecule has 41 heavy (non-hydrogen) atoms. The highest BCUT2D eigenvalue weighted by Gasteiger charge is 2.17. The molecule has 0 atom stereocenters. The molecule has 6 rings (SSSR count). The summed E-state index contributed by atoms with van der Waals surface area (Å²) >= 11 is 6.31. The number of anilines is 2. The summed E-state index contributed by atoms with van der Waals surface area (Å²) in [4.78, 5) is 25.4. The lowest BCUT2D eigenvalue weighted by atomic mass is 10.0. The lowest BCUT2D eigenvalue weighted by Gasteiger charge is -2.26. The molecule has 0 radical (unpaired) electrons. The number of halogens is 1. The number of fused-ring (bicyclic) bond motifs is 1. The maximum Gasteiger partial charge on any atom is 0.257 e. The van der Waals surface area contributed by atoms with Crippen molar-refractivity contribution in [2.45, 2.75) is 13.5 Å². The van der Waals surface area contributed by atoms with Crippen LogP contribution in [0.5, 0.6) is 0 Å². The molecule has 3 N–H and O–H groups in total. The number of nitrogen functional groups attached to an aromatic ring is 1. The van der Waals surface area contributed by atoms with Crippen molar-refractivity contribution in [2.75, 3.05) is 37.4 Å². The molecular formula is C33H30ClN5O2. The zero-order valence-corrected chi connectivity index (χ0v) is 23.5. The van der Waals surface area contributed by atoms with Crippen molar-refractivity contribution >= 4 is 39.8 Å². The van der Waals surface area contributed by atoms with Gasteiger partial charge in [-0.3, -0.25) is 9.69 Å². The lowest BCUT2D eigenvalue weighted by molar-refractivity contribution is 0.0342. The first-order chi connectivity index (χ1) is 19.9. The number of carbonyl (C=O) groups excluding carboxylic acids is 1. The van der Waals surface area contributed by atoms with E-state index in [4.69, 9.17) is 32.0 Å². The van der Waals surface area contributed by atoms with Crippen LogP contribution in [0, 0.1) is 6.92 Å². The summed E-state index contributed by atoms with van der Waals surface area (Å²) in [6.45, 7) is 6.09. The Balaban J connectivity index is 1.28. The Morgan fingerprint density at radius 3 is 2.54 bits per heavy atom. The average molecular weight is 564 g/mol. The van der Waals surface area contributed by atoms with Crippen LogP contribution in [-0.2, 0) is 11.3 Å². The number of hydrogen-bond acceptors (Lipinski definition) is 6. The molecule has 8 heteroatoms. The van der Waals surface area contributed by atoms with Crippen LogP contribution in [0.15, 0.2) is 84.9 Å². The first kappa shape index (κ1) is 26.9.